The molecule has 0 amide bonds. The molecule has 2 unspecified atom stereocenters. The van der Waals surface area contributed by atoms with Crippen LogP contribution in [0.15, 0.2) is 0 Å². The summed E-state index contributed by atoms with van der Waals surface area (Å²) in [4.78, 5) is 0. The molecule has 1 aliphatic heterocycles. The Bertz CT molecular complexity index is 235. The molecule has 0 aliphatic carbocycles. The first-order valence-electron chi connectivity index (χ1n) is 4.38. The van der Waals surface area contributed by atoms with E-state index < -0.39 is 51.0 Å². The van der Waals surface area contributed by atoms with Crippen molar-refractivity contribution in [1.29, 1.82) is 0 Å². The Hall–Kier alpha value is -2.54. The standard InChI is InChI=1S/C8H8F6O3.2Rf/c9-3-7(11,12)15-1-5-6(17-5)2-16-8(13,14)4-10;;/h3-6H,1-2H2;;/q-2;;. The van der Waals surface area contributed by atoms with Crippen LogP contribution in [0.25, 0.3) is 0 Å². The van der Waals surface area contributed by atoms with E-state index in [0.29, 0.717) is 0 Å². The van der Waals surface area contributed by atoms with Crippen LogP contribution in [-0.2, 0) is 14.2 Å². The molecule has 0 bridgehead atoms. The zero-order chi connectivity index (χ0) is 13.1. The molecule has 19 heavy (non-hydrogen) atoms. The van der Waals surface area contributed by atoms with Gasteiger partial charge in [-0.1, -0.05) is 13.3 Å². The molecule has 3 nitrogen and oxygen atoms in total. The van der Waals surface area contributed by atoms with Gasteiger partial charge in [0.05, 0.1) is 13.2 Å². The quantitative estimate of drug-likeness (QED) is 0.215. The van der Waals surface area contributed by atoms with Crippen molar-refractivity contribution in [2.24, 2.45) is 0 Å². The maximum absolute atomic E-state index is 12.2. The van der Waals surface area contributed by atoms with Gasteiger partial charge in [0.25, 0.3) is 12.2 Å². The van der Waals surface area contributed by atoms with Crippen LogP contribution in [0.2, 0.25) is 0 Å². The van der Waals surface area contributed by atoms with Gasteiger partial charge in [0, 0.05) is 0 Å². The number of hydrogen-bond donors (Lipinski definition) is 0. The zero-order valence-electron chi connectivity index (χ0n) is 9.63. The smallest absolute Gasteiger partial charge is 0.258 e. The molecule has 1 aliphatic rings. The molecule has 106 valence electrons. The van der Waals surface area contributed by atoms with E-state index in [9.17, 15) is 26.3 Å². The van der Waals surface area contributed by atoms with E-state index >= 15 is 0 Å². The number of ether oxygens (including phenoxy) is 3. The summed E-state index contributed by atoms with van der Waals surface area (Å²) in [6.07, 6.45) is -9.91. The van der Waals surface area contributed by atoms with E-state index in [0.717, 1.165) is 0 Å². The van der Waals surface area contributed by atoms with E-state index in [1.807, 2.05) is 0 Å². The van der Waals surface area contributed by atoms with Gasteiger partial charge in [-0.3, -0.25) is 0 Å². The molecule has 0 aromatic carbocycles. The van der Waals surface area contributed by atoms with Crippen molar-refractivity contribution in [2.45, 2.75) is 24.4 Å². The van der Waals surface area contributed by atoms with Crippen molar-refractivity contribution < 1.29 is 40.6 Å². The summed E-state index contributed by atoms with van der Waals surface area (Å²) in [5, 5.41) is 0. The van der Waals surface area contributed by atoms with E-state index in [4.69, 9.17) is 0 Å². The molecule has 1 saturated heterocycles. The van der Waals surface area contributed by atoms with Crippen LogP contribution in [0.4, 0.5) is 26.3 Å². The monoisotopic (exact) mass is 800 g/mol. The molecular formula is C8H8F6O3Rf2-2. The van der Waals surface area contributed by atoms with Crippen molar-refractivity contribution in [1.82, 2.24) is 0 Å². The largest absolute Gasteiger partial charge is 0.451 e. The van der Waals surface area contributed by atoms with Gasteiger partial charge in [0.15, 0.2) is 0 Å². The Labute approximate surface area is 92.6 Å². The van der Waals surface area contributed by atoms with Gasteiger partial charge in [-0.25, -0.2) is 17.6 Å². The van der Waals surface area contributed by atoms with Gasteiger partial charge >= 0.3 is 0 Å². The third-order valence-corrected chi connectivity index (χ3v) is 1.82. The van der Waals surface area contributed by atoms with Crippen LogP contribution in [0.5, 0.6) is 0 Å². The first kappa shape index (κ1) is 18.8. The number of rotatable bonds is 8. The Kier molecular flexibility index (Phi) is 6.35. The number of alkyl halides is 4. The summed E-state index contributed by atoms with van der Waals surface area (Å²) >= 11 is 0. The van der Waals surface area contributed by atoms with Crippen molar-refractivity contribution in [3.63, 3.8) is 0 Å². The number of hydrogen-bond acceptors (Lipinski definition) is 3. The van der Waals surface area contributed by atoms with Crippen LogP contribution < -0.4 is 0 Å². The Morgan fingerprint density at radius 1 is 0.842 bits per heavy atom. The second-order valence-electron chi connectivity index (χ2n) is 3.18. The van der Waals surface area contributed by atoms with Crippen LogP contribution in [0.1, 0.15) is 0 Å². The second kappa shape index (κ2) is 6.41. The van der Waals surface area contributed by atoms with Gasteiger partial charge in [-0.15, -0.1) is 0 Å². The van der Waals surface area contributed by atoms with Crippen molar-refractivity contribution in [2.75, 3.05) is 13.2 Å². The van der Waals surface area contributed by atoms with E-state index in [1.165, 1.54) is 0 Å². The Morgan fingerprint density at radius 3 is 1.42 bits per heavy atom. The normalized spacial score (nSPS) is 22.4. The molecule has 2 atom stereocenters. The van der Waals surface area contributed by atoms with Crippen molar-refractivity contribution in [3.05, 3.63) is 13.3 Å². The molecule has 0 saturated carbocycles. The summed E-state index contributed by atoms with van der Waals surface area (Å²) in [6, 6.07) is 0. The maximum atomic E-state index is 12.2. The summed E-state index contributed by atoms with van der Waals surface area (Å²) in [6.45, 7) is -3.28. The van der Waals surface area contributed by atoms with Crippen LogP contribution in [0.3, 0.4) is 0 Å². The molecule has 1 rings (SSSR count). The molecule has 1 fully saturated rings. The van der Waals surface area contributed by atoms with Crippen LogP contribution in [-0.4, -0.2) is 37.6 Å². The van der Waals surface area contributed by atoms with E-state index in [-0.39, 0.29) is 0 Å². The van der Waals surface area contributed by atoms with Gasteiger partial charge < -0.3 is 23.0 Å². The molecule has 0 N–H and O–H groups in total. The fraction of sp³-hybridized carbons (Fsp3) is 0.750. The van der Waals surface area contributed by atoms with Crippen LogP contribution >= 0.6 is 0 Å². The molecule has 1 heterocycles. The minimum Gasteiger partial charge on any atom is -0.451 e. The van der Waals surface area contributed by atoms with Crippen molar-refractivity contribution in [3.8, 4) is 0 Å². The average molecular weight is 800 g/mol. The minimum atomic E-state index is -4.05. The first-order chi connectivity index (χ1) is 7.79. The number of halogens is 6. The topological polar surface area (TPSA) is 31.0 Å². The predicted octanol–water partition coefficient (Wildman–Crippen LogP) is 2.24. The maximum Gasteiger partial charge on any atom is 0.258 e. The fourth-order valence-electron chi connectivity index (χ4n) is 0.922. The van der Waals surface area contributed by atoms with Gasteiger partial charge in [-0.05, 0) is 0 Å². The summed E-state index contributed by atoms with van der Waals surface area (Å²) < 4.78 is 83.9. The third kappa shape index (κ3) is 6.08. The van der Waals surface area contributed by atoms with Crippen molar-refractivity contribution >= 4 is 0 Å². The summed E-state index contributed by atoms with van der Waals surface area (Å²) in [5.74, 6) is 0. The van der Waals surface area contributed by atoms with E-state index in [1.54, 1.807) is 0 Å². The predicted molar refractivity (Wildman–Crippen MR) is 41.3 cm³/mol. The molecule has 0 spiro atoms. The SMILES string of the molecule is F[CH-]C(F)(F)OCC1OC1COC(F)(F)[CH-]F.[Rf].[Rf]. The third-order valence-electron chi connectivity index (χ3n) is 1.82. The minimum absolute atomic E-state index is 0. The molecule has 0 radical (unpaired) electrons. The molecule has 0 aromatic heterocycles. The van der Waals surface area contributed by atoms with Gasteiger partial charge in [0.2, 0.25) is 0 Å². The average Bonchev–Trinajstić information content (AvgIpc) is 3.03. The Morgan fingerprint density at radius 2 is 1.16 bits per heavy atom. The molecule has 11 heteroatoms. The number of epoxide rings is 1. The molecule has 0 aromatic rings. The second-order valence-corrected chi connectivity index (χ2v) is 3.18. The molecular weight excluding hydrogens is 792 g/mol. The van der Waals surface area contributed by atoms with Crippen LogP contribution in [0, 0.1) is 13.3 Å². The van der Waals surface area contributed by atoms with Gasteiger partial charge in [-0.2, -0.15) is 0 Å². The van der Waals surface area contributed by atoms with Gasteiger partial charge in [0.1, 0.15) is 12.2 Å². The first-order valence-corrected chi connectivity index (χ1v) is 4.38. The summed E-state index contributed by atoms with van der Waals surface area (Å²) in [5.41, 5.74) is 0. The van der Waals surface area contributed by atoms with E-state index in [2.05, 4.69) is 14.2 Å². The fourth-order valence-corrected chi connectivity index (χ4v) is 0.922. The zero-order valence-corrected chi connectivity index (χ0v) is 22.4. The Balaban J connectivity index is 0. The summed E-state index contributed by atoms with van der Waals surface area (Å²) in [7, 11) is 0.